The highest BCUT2D eigenvalue weighted by Gasteiger charge is 2.15. The van der Waals surface area contributed by atoms with Gasteiger partial charge in [-0.2, -0.15) is 5.10 Å². The number of amides is 2. The standard InChI is InChI=1S/C16H18N4O3/c1-3-9-20-13(21)8-7-12(19-20)16(23)18-11-6-4-5-10(2)14(11)15(17)22/h4-8H,3,9H2,1-2H3,(H2,17,22)(H,18,23). The number of nitrogens with zero attached hydrogens (tertiary/aromatic N) is 2. The molecule has 0 radical (unpaired) electrons. The molecule has 7 heteroatoms. The van der Waals surface area contributed by atoms with E-state index in [2.05, 4.69) is 10.4 Å². The minimum atomic E-state index is -0.623. The Hall–Kier alpha value is -2.96. The van der Waals surface area contributed by atoms with Crippen molar-refractivity contribution < 1.29 is 9.59 Å². The zero-order valence-corrected chi connectivity index (χ0v) is 13.0. The van der Waals surface area contributed by atoms with Gasteiger partial charge in [-0.05, 0) is 31.0 Å². The van der Waals surface area contributed by atoms with E-state index in [1.165, 1.54) is 16.8 Å². The highest BCUT2D eigenvalue weighted by Crippen LogP contribution is 2.19. The maximum atomic E-state index is 12.3. The lowest BCUT2D eigenvalue weighted by molar-refractivity contribution is 0.100. The maximum Gasteiger partial charge on any atom is 0.276 e. The molecule has 0 bridgehead atoms. The Balaban J connectivity index is 2.33. The van der Waals surface area contributed by atoms with Gasteiger partial charge in [0.1, 0.15) is 5.69 Å². The molecule has 2 amide bonds. The average molecular weight is 314 g/mol. The van der Waals surface area contributed by atoms with Crippen LogP contribution in [0.15, 0.2) is 35.1 Å². The minimum Gasteiger partial charge on any atom is -0.366 e. The largest absolute Gasteiger partial charge is 0.366 e. The molecule has 1 aromatic carbocycles. The summed E-state index contributed by atoms with van der Waals surface area (Å²) in [6.07, 6.45) is 0.724. The zero-order valence-electron chi connectivity index (χ0n) is 13.0. The summed E-state index contributed by atoms with van der Waals surface area (Å²) in [6, 6.07) is 7.68. The van der Waals surface area contributed by atoms with Crippen molar-refractivity contribution in [3.63, 3.8) is 0 Å². The third kappa shape index (κ3) is 3.63. The molecule has 2 aromatic rings. The van der Waals surface area contributed by atoms with Crippen LogP contribution in [0, 0.1) is 6.92 Å². The molecule has 0 spiro atoms. The third-order valence-corrected chi connectivity index (χ3v) is 3.30. The molecule has 1 aromatic heterocycles. The van der Waals surface area contributed by atoms with Gasteiger partial charge in [-0.1, -0.05) is 19.1 Å². The number of aromatic nitrogens is 2. The van der Waals surface area contributed by atoms with Crippen molar-refractivity contribution in [2.24, 2.45) is 5.73 Å². The fourth-order valence-electron chi connectivity index (χ4n) is 2.23. The second kappa shape index (κ2) is 6.87. The maximum absolute atomic E-state index is 12.3. The summed E-state index contributed by atoms with van der Waals surface area (Å²) in [5.74, 6) is -1.13. The molecule has 0 atom stereocenters. The number of rotatable bonds is 5. The Bertz CT molecular complexity index is 811. The number of nitrogens with two attached hydrogens (primary N) is 1. The van der Waals surface area contributed by atoms with Gasteiger partial charge in [-0.3, -0.25) is 14.4 Å². The first-order valence-electron chi connectivity index (χ1n) is 7.23. The molecule has 0 saturated heterocycles. The van der Waals surface area contributed by atoms with Gasteiger partial charge in [-0.15, -0.1) is 0 Å². The fraction of sp³-hybridized carbons (Fsp3) is 0.250. The monoisotopic (exact) mass is 314 g/mol. The second-order valence-corrected chi connectivity index (χ2v) is 5.10. The van der Waals surface area contributed by atoms with E-state index in [1.807, 2.05) is 6.92 Å². The van der Waals surface area contributed by atoms with Crippen molar-refractivity contribution in [3.05, 3.63) is 57.5 Å². The summed E-state index contributed by atoms with van der Waals surface area (Å²) >= 11 is 0. The van der Waals surface area contributed by atoms with Gasteiger partial charge in [-0.25, -0.2) is 4.68 Å². The smallest absolute Gasteiger partial charge is 0.276 e. The predicted molar refractivity (Wildman–Crippen MR) is 86.4 cm³/mol. The molecular formula is C16H18N4O3. The number of anilines is 1. The van der Waals surface area contributed by atoms with Crippen molar-refractivity contribution in [2.45, 2.75) is 26.8 Å². The van der Waals surface area contributed by atoms with Crippen LogP contribution in [0.25, 0.3) is 0 Å². The van der Waals surface area contributed by atoms with Crippen LogP contribution >= 0.6 is 0 Å². The molecule has 0 unspecified atom stereocenters. The number of benzene rings is 1. The number of aryl methyl sites for hydroxylation is 2. The summed E-state index contributed by atoms with van der Waals surface area (Å²) < 4.78 is 1.24. The van der Waals surface area contributed by atoms with Crippen LogP contribution in [0.2, 0.25) is 0 Å². The third-order valence-electron chi connectivity index (χ3n) is 3.30. The zero-order chi connectivity index (χ0) is 17.0. The van der Waals surface area contributed by atoms with Crippen molar-refractivity contribution in [1.82, 2.24) is 9.78 Å². The molecule has 23 heavy (non-hydrogen) atoms. The van der Waals surface area contributed by atoms with E-state index in [1.54, 1.807) is 25.1 Å². The normalized spacial score (nSPS) is 10.3. The Morgan fingerprint density at radius 1 is 1.26 bits per heavy atom. The Morgan fingerprint density at radius 3 is 2.65 bits per heavy atom. The molecule has 1 heterocycles. The minimum absolute atomic E-state index is 0.0926. The predicted octanol–water partition coefficient (Wildman–Crippen LogP) is 1.31. The van der Waals surface area contributed by atoms with E-state index >= 15 is 0 Å². The molecule has 3 N–H and O–H groups in total. The number of primary amides is 1. The van der Waals surface area contributed by atoms with E-state index < -0.39 is 11.8 Å². The van der Waals surface area contributed by atoms with Gasteiger partial charge in [0.05, 0.1) is 11.3 Å². The molecule has 0 saturated carbocycles. The summed E-state index contributed by atoms with van der Waals surface area (Å²) in [7, 11) is 0. The van der Waals surface area contributed by atoms with E-state index in [-0.39, 0.29) is 16.8 Å². The van der Waals surface area contributed by atoms with Crippen LogP contribution in [0.1, 0.15) is 39.8 Å². The van der Waals surface area contributed by atoms with Crippen LogP contribution in [-0.4, -0.2) is 21.6 Å². The second-order valence-electron chi connectivity index (χ2n) is 5.10. The van der Waals surface area contributed by atoms with E-state index in [0.29, 0.717) is 17.8 Å². The van der Waals surface area contributed by atoms with Gasteiger partial charge in [0.2, 0.25) is 0 Å². The van der Waals surface area contributed by atoms with Gasteiger partial charge in [0.25, 0.3) is 17.4 Å². The van der Waals surface area contributed by atoms with Gasteiger partial charge >= 0.3 is 0 Å². The quantitative estimate of drug-likeness (QED) is 0.867. The highest BCUT2D eigenvalue weighted by molar-refractivity contribution is 6.08. The molecule has 7 nitrogen and oxygen atoms in total. The number of nitrogens with one attached hydrogen (secondary N) is 1. The van der Waals surface area contributed by atoms with Crippen LogP contribution in [0.5, 0.6) is 0 Å². The molecule has 0 aliphatic carbocycles. The summed E-state index contributed by atoms with van der Waals surface area (Å²) in [6.45, 7) is 4.07. The Labute approximate surface area is 133 Å². The fourth-order valence-corrected chi connectivity index (χ4v) is 2.23. The van der Waals surface area contributed by atoms with Gasteiger partial charge in [0, 0.05) is 12.6 Å². The van der Waals surface area contributed by atoms with Crippen LogP contribution in [-0.2, 0) is 6.54 Å². The molecule has 120 valence electrons. The molecule has 0 aliphatic rings. The number of hydrogen-bond donors (Lipinski definition) is 2. The topological polar surface area (TPSA) is 107 Å². The van der Waals surface area contributed by atoms with Gasteiger partial charge in [0.15, 0.2) is 0 Å². The summed E-state index contributed by atoms with van der Waals surface area (Å²) in [5.41, 5.74) is 6.42. The SMILES string of the molecule is CCCn1nc(C(=O)Nc2cccc(C)c2C(N)=O)ccc1=O. The first-order valence-corrected chi connectivity index (χ1v) is 7.23. The van der Waals surface area contributed by atoms with Crippen molar-refractivity contribution in [3.8, 4) is 0 Å². The highest BCUT2D eigenvalue weighted by atomic mass is 16.2. The summed E-state index contributed by atoms with van der Waals surface area (Å²) in [4.78, 5) is 35.5. The van der Waals surface area contributed by atoms with E-state index in [4.69, 9.17) is 5.73 Å². The summed E-state index contributed by atoms with van der Waals surface area (Å²) in [5, 5.41) is 6.65. The number of hydrogen-bond acceptors (Lipinski definition) is 4. The van der Waals surface area contributed by atoms with Crippen molar-refractivity contribution >= 4 is 17.5 Å². The lowest BCUT2D eigenvalue weighted by Crippen LogP contribution is -2.26. The van der Waals surface area contributed by atoms with E-state index in [9.17, 15) is 14.4 Å². The van der Waals surface area contributed by atoms with Crippen molar-refractivity contribution in [1.29, 1.82) is 0 Å². The lowest BCUT2D eigenvalue weighted by Gasteiger charge is -2.11. The van der Waals surface area contributed by atoms with E-state index in [0.717, 1.165) is 6.42 Å². The average Bonchev–Trinajstić information content (AvgIpc) is 2.49. The first-order chi connectivity index (χ1) is 10.9. The molecule has 2 rings (SSSR count). The Morgan fingerprint density at radius 2 is 2.00 bits per heavy atom. The van der Waals surface area contributed by atoms with Crippen LogP contribution < -0.4 is 16.6 Å². The molecule has 0 aliphatic heterocycles. The van der Waals surface area contributed by atoms with Crippen LogP contribution in [0.4, 0.5) is 5.69 Å². The first kappa shape index (κ1) is 16.4. The number of carbonyl (C=O) groups excluding carboxylic acids is 2. The Kier molecular flexibility index (Phi) is 4.90. The van der Waals surface area contributed by atoms with Crippen molar-refractivity contribution in [2.75, 3.05) is 5.32 Å². The molecular weight excluding hydrogens is 296 g/mol. The van der Waals surface area contributed by atoms with Gasteiger partial charge < -0.3 is 11.1 Å². The lowest BCUT2D eigenvalue weighted by atomic mass is 10.1. The number of carbonyl (C=O) groups is 2. The van der Waals surface area contributed by atoms with Crippen LogP contribution in [0.3, 0.4) is 0 Å². The molecule has 0 fully saturated rings.